The fraction of sp³-hybridized carbons (Fsp3) is 0.929. The average Bonchev–Trinajstić information content (AvgIpc) is 2.84. The van der Waals surface area contributed by atoms with Crippen LogP contribution in [0.25, 0.3) is 0 Å². The molecule has 0 bridgehead atoms. The average molecular weight is 253 g/mol. The van der Waals surface area contributed by atoms with E-state index >= 15 is 0 Å². The van der Waals surface area contributed by atoms with Crippen LogP contribution in [-0.4, -0.2) is 43.0 Å². The van der Waals surface area contributed by atoms with Crippen molar-refractivity contribution in [1.29, 1.82) is 0 Å². The van der Waals surface area contributed by atoms with Crippen molar-refractivity contribution in [3.05, 3.63) is 0 Å². The van der Waals surface area contributed by atoms with E-state index in [4.69, 9.17) is 5.73 Å². The van der Waals surface area contributed by atoms with Crippen LogP contribution in [-0.2, 0) is 4.79 Å². The van der Waals surface area contributed by atoms with E-state index in [2.05, 4.69) is 10.2 Å². The summed E-state index contributed by atoms with van der Waals surface area (Å²) in [6.45, 7) is 3.87. The van der Waals surface area contributed by atoms with E-state index in [1.165, 1.54) is 25.7 Å². The SMILES string of the molecule is NCCN1CCC(NC(=O)CC2CCCC2)CC1. The zero-order valence-corrected chi connectivity index (χ0v) is 11.4. The third-order valence-electron chi connectivity index (χ3n) is 4.35. The highest BCUT2D eigenvalue weighted by Crippen LogP contribution is 2.27. The number of likely N-dealkylation sites (tertiary alicyclic amines) is 1. The van der Waals surface area contributed by atoms with E-state index in [0.29, 0.717) is 12.0 Å². The van der Waals surface area contributed by atoms with Crippen molar-refractivity contribution in [1.82, 2.24) is 10.2 Å². The number of carbonyl (C=O) groups excluding carboxylic acids is 1. The normalized spacial score (nSPS) is 23.4. The Hall–Kier alpha value is -0.610. The Kier molecular flexibility index (Phi) is 5.45. The smallest absolute Gasteiger partial charge is 0.220 e. The Morgan fingerprint density at radius 3 is 2.44 bits per heavy atom. The van der Waals surface area contributed by atoms with Crippen LogP contribution < -0.4 is 11.1 Å². The van der Waals surface area contributed by atoms with E-state index in [1.54, 1.807) is 0 Å². The molecule has 1 aliphatic heterocycles. The molecule has 0 radical (unpaired) electrons. The molecule has 0 unspecified atom stereocenters. The second kappa shape index (κ2) is 7.10. The summed E-state index contributed by atoms with van der Waals surface area (Å²) < 4.78 is 0. The Morgan fingerprint density at radius 2 is 1.83 bits per heavy atom. The molecular weight excluding hydrogens is 226 g/mol. The van der Waals surface area contributed by atoms with E-state index < -0.39 is 0 Å². The molecule has 2 fully saturated rings. The molecule has 2 rings (SSSR count). The van der Waals surface area contributed by atoms with Gasteiger partial charge in [0.25, 0.3) is 0 Å². The quantitative estimate of drug-likeness (QED) is 0.771. The highest BCUT2D eigenvalue weighted by Gasteiger charge is 2.22. The zero-order chi connectivity index (χ0) is 12.8. The maximum atomic E-state index is 11.9. The minimum absolute atomic E-state index is 0.277. The van der Waals surface area contributed by atoms with Gasteiger partial charge in [-0.05, 0) is 31.6 Å². The van der Waals surface area contributed by atoms with Crippen LogP contribution in [0.2, 0.25) is 0 Å². The molecule has 1 saturated heterocycles. The Labute approximate surface area is 110 Å². The van der Waals surface area contributed by atoms with Gasteiger partial charge in [0.1, 0.15) is 0 Å². The number of amides is 1. The second-order valence-corrected chi connectivity index (χ2v) is 5.83. The summed E-state index contributed by atoms with van der Waals surface area (Å²) in [7, 11) is 0. The molecule has 18 heavy (non-hydrogen) atoms. The molecule has 0 aromatic carbocycles. The molecule has 0 aromatic heterocycles. The van der Waals surface area contributed by atoms with Crippen molar-refractivity contribution in [3.8, 4) is 0 Å². The molecule has 4 nitrogen and oxygen atoms in total. The van der Waals surface area contributed by atoms with Crippen LogP contribution in [0.5, 0.6) is 0 Å². The van der Waals surface area contributed by atoms with Crippen LogP contribution in [0.4, 0.5) is 0 Å². The molecule has 104 valence electrons. The molecule has 1 heterocycles. The van der Waals surface area contributed by atoms with Gasteiger partial charge in [0.2, 0.25) is 5.91 Å². The summed E-state index contributed by atoms with van der Waals surface area (Å²) in [5.41, 5.74) is 5.55. The first kappa shape index (κ1) is 13.8. The molecule has 1 aliphatic carbocycles. The van der Waals surface area contributed by atoms with Crippen LogP contribution >= 0.6 is 0 Å². The fourth-order valence-corrected chi connectivity index (χ4v) is 3.25. The number of nitrogens with one attached hydrogen (secondary N) is 1. The van der Waals surface area contributed by atoms with Gasteiger partial charge in [-0.3, -0.25) is 4.79 Å². The molecule has 0 spiro atoms. The summed E-state index contributed by atoms with van der Waals surface area (Å²) >= 11 is 0. The molecule has 0 atom stereocenters. The predicted octanol–water partition coefficient (Wildman–Crippen LogP) is 1.11. The largest absolute Gasteiger partial charge is 0.353 e. The maximum Gasteiger partial charge on any atom is 0.220 e. The zero-order valence-electron chi connectivity index (χ0n) is 11.4. The number of nitrogens with zero attached hydrogens (tertiary/aromatic N) is 1. The van der Waals surface area contributed by atoms with Crippen molar-refractivity contribution in [2.75, 3.05) is 26.2 Å². The number of nitrogens with two attached hydrogens (primary N) is 1. The molecule has 1 amide bonds. The van der Waals surface area contributed by atoms with Gasteiger partial charge in [-0.2, -0.15) is 0 Å². The van der Waals surface area contributed by atoms with Gasteiger partial charge in [0, 0.05) is 38.6 Å². The standard InChI is InChI=1S/C14H27N3O/c15-7-10-17-8-5-13(6-9-17)16-14(18)11-12-3-1-2-4-12/h12-13H,1-11,15H2,(H,16,18). The molecule has 0 aromatic rings. The summed E-state index contributed by atoms with van der Waals surface area (Å²) in [5.74, 6) is 0.932. The summed E-state index contributed by atoms with van der Waals surface area (Å²) in [6.07, 6.45) is 8.05. The van der Waals surface area contributed by atoms with Gasteiger partial charge in [0.15, 0.2) is 0 Å². The van der Waals surface area contributed by atoms with Crippen LogP contribution in [0.3, 0.4) is 0 Å². The molecule has 2 aliphatic rings. The number of hydrogen-bond acceptors (Lipinski definition) is 3. The predicted molar refractivity (Wildman–Crippen MR) is 73.2 cm³/mol. The lowest BCUT2D eigenvalue weighted by Crippen LogP contribution is -2.46. The second-order valence-electron chi connectivity index (χ2n) is 5.83. The first-order valence-electron chi connectivity index (χ1n) is 7.49. The van der Waals surface area contributed by atoms with Crippen molar-refractivity contribution in [3.63, 3.8) is 0 Å². The number of hydrogen-bond donors (Lipinski definition) is 2. The first-order chi connectivity index (χ1) is 8.78. The minimum atomic E-state index is 0.277. The summed E-state index contributed by atoms with van der Waals surface area (Å²) in [5, 5.41) is 3.21. The third-order valence-corrected chi connectivity index (χ3v) is 4.35. The first-order valence-corrected chi connectivity index (χ1v) is 7.49. The molecular formula is C14H27N3O. The van der Waals surface area contributed by atoms with Crippen LogP contribution in [0, 0.1) is 5.92 Å². The van der Waals surface area contributed by atoms with E-state index in [0.717, 1.165) is 45.4 Å². The Morgan fingerprint density at radius 1 is 1.17 bits per heavy atom. The highest BCUT2D eigenvalue weighted by atomic mass is 16.1. The van der Waals surface area contributed by atoms with Crippen LogP contribution in [0.15, 0.2) is 0 Å². The van der Waals surface area contributed by atoms with Crippen molar-refractivity contribution < 1.29 is 4.79 Å². The Balaban J connectivity index is 1.63. The Bertz CT molecular complexity index is 256. The van der Waals surface area contributed by atoms with Crippen LogP contribution in [0.1, 0.15) is 44.9 Å². The topological polar surface area (TPSA) is 58.4 Å². The minimum Gasteiger partial charge on any atom is -0.353 e. The van der Waals surface area contributed by atoms with E-state index in [1.807, 2.05) is 0 Å². The maximum absolute atomic E-state index is 11.9. The monoisotopic (exact) mass is 253 g/mol. The van der Waals surface area contributed by atoms with Gasteiger partial charge in [-0.15, -0.1) is 0 Å². The van der Waals surface area contributed by atoms with Crippen molar-refractivity contribution in [2.24, 2.45) is 11.7 Å². The number of rotatable bonds is 5. The van der Waals surface area contributed by atoms with E-state index in [-0.39, 0.29) is 5.91 Å². The number of piperidine rings is 1. The highest BCUT2D eigenvalue weighted by molar-refractivity contribution is 5.76. The lowest BCUT2D eigenvalue weighted by atomic mass is 10.0. The molecule has 4 heteroatoms. The summed E-state index contributed by atoms with van der Waals surface area (Å²) in [4.78, 5) is 14.3. The lowest BCUT2D eigenvalue weighted by Gasteiger charge is -2.32. The lowest BCUT2D eigenvalue weighted by molar-refractivity contribution is -0.123. The molecule has 1 saturated carbocycles. The van der Waals surface area contributed by atoms with Gasteiger partial charge in [0.05, 0.1) is 0 Å². The third kappa shape index (κ3) is 4.25. The number of carbonyl (C=O) groups is 1. The van der Waals surface area contributed by atoms with Crippen molar-refractivity contribution >= 4 is 5.91 Å². The fourth-order valence-electron chi connectivity index (χ4n) is 3.25. The van der Waals surface area contributed by atoms with Gasteiger partial charge in [-0.1, -0.05) is 12.8 Å². The van der Waals surface area contributed by atoms with Crippen molar-refractivity contribution in [2.45, 2.75) is 51.0 Å². The molecule has 3 N–H and O–H groups in total. The summed E-state index contributed by atoms with van der Waals surface area (Å²) in [6, 6.07) is 0.396. The van der Waals surface area contributed by atoms with Gasteiger partial charge < -0.3 is 16.0 Å². The van der Waals surface area contributed by atoms with E-state index in [9.17, 15) is 4.79 Å². The van der Waals surface area contributed by atoms with Gasteiger partial charge in [-0.25, -0.2) is 0 Å². The van der Waals surface area contributed by atoms with Gasteiger partial charge >= 0.3 is 0 Å².